The smallest absolute Gasteiger partial charge is 0.263 e. The van der Waals surface area contributed by atoms with E-state index in [4.69, 9.17) is 11.6 Å². The first-order valence-electron chi connectivity index (χ1n) is 9.00. The molecule has 1 saturated heterocycles. The standard InChI is InChI=1S/C20H20ClFN4O/c21-15-4-3-5-16(14-15)24-10-12-25(13-11-24)20-23-8-9-26(20)19(27)17-6-1-2-7-18(17)22/h1-7,14H,8-13H2. The van der Waals surface area contributed by atoms with E-state index in [0.29, 0.717) is 19.0 Å². The van der Waals surface area contributed by atoms with Crippen molar-refractivity contribution in [1.82, 2.24) is 9.80 Å². The predicted octanol–water partition coefficient (Wildman–Crippen LogP) is 3.11. The summed E-state index contributed by atoms with van der Waals surface area (Å²) in [5.41, 5.74) is 1.18. The van der Waals surface area contributed by atoms with Crippen molar-refractivity contribution in [3.63, 3.8) is 0 Å². The zero-order valence-electron chi connectivity index (χ0n) is 14.8. The highest BCUT2D eigenvalue weighted by atomic mass is 35.5. The Morgan fingerprint density at radius 2 is 1.70 bits per heavy atom. The molecule has 1 amide bonds. The van der Waals surface area contributed by atoms with Gasteiger partial charge in [-0.25, -0.2) is 4.39 Å². The Morgan fingerprint density at radius 3 is 2.44 bits per heavy atom. The van der Waals surface area contributed by atoms with Crippen molar-refractivity contribution in [3.05, 3.63) is 64.9 Å². The third kappa shape index (κ3) is 3.62. The average molecular weight is 387 g/mol. The highest BCUT2D eigenvalue weighted by Crippen LogP contribution is 2.22. The number of halogens is 2. The maximum atomic E-state index is 14.0. The van der Waals surface area contributed by atoms with Gasteiger partial charge in [0.15, 0.2) is 0 Å². The van der Waals surface area contributed by atoms with Gasteiger partial charge in [0.1, 0.15) is 5.82 Å². The fraction of sp³-hybridized carbons (Fsp3) is 0.300. The summed E-state index contributed by atoms with van der Waals surface area (Å²) in [7, 11) is 0. The highest BCUT2D eigenvalue weighted by molar-refractivity contribution is 6.30. The molecule has 0 aliphatic carbocycles. The zero-order chi connectivity index (χ0) is 18.8. The molecule has 0 bridgehead atoms. The normalized spacial score (nSPS) is 17.3. The number of anilines is 1. The van der Waals surface area contributed by atoms with Gasteiger partial charge in [0.2, 0.25) is 5.96 Å². The minimum Gasteiger partial charge on any atom is -0.368 e. The molecule has 0 atom stereocenters. The lowest BCUT2D eigenvalue weighted by Crippen LogP contribution is -2.53. The molecule has 0 N–H and O–H groups in total. The van der Waals surface area contributed by atoms with Crippen LogP contribution in [0.25, 0.3) is 0 Å². The fourth-order valence-corrected chi connectivity index (χ4v) is 3.70. The molecule has 27 heavy (non-hydrogen) atoms. The number of aliphatic imine (C=N–C) groups is 1. The number of piperazine rings is 1. The lowest BCUT2D eigenvalue weighted by molar-refractivity contribution is 0.0838. The number of nitrogens with zero attached hydrogens (tertiary/aromatic N) is 4. The van der Waals surface area contributed by atoms with Crippen LogP contribution in [0.2, 0.25) is 5.02 Å². The van der Waals surface area contributed by atoms with Crippen LogP contribution in [0.1, 0.15) is 10.4 Å². The number of hydrogen-bond acceptors (Lipinski definition) is 4. The van der Waals surface area contributed by atoms with Crippen LogP contribution in [0.15, 0.2) is 53.5 Å². The van der Waals surface area contributed by atoms with E-state index in [0.717, 1.165) is 36.9 Å². The molecule has 2 aromatic carbocycles. The van der Waals surface area contributed by atoms with Gasteiger partial charge in [0, 0.05) is 43.4 Å². The molecule has 1 fully saturated rings. The molecule has 0 saturated carbocycles. The van der Waals surface area contributed by atoms with Crippen LogP contribution in [0, 0.1) is 5.82 Å². The molecule has 5 nitrogen and oxygen atoms in total. The lowest BCUT2D eigenvalue weighted by atomic mass is 10.2. The molecule has 0 radical (unpaired) electrons. The number of carbonyl (C=O) groups excluding carboxylic acids is 1. The first-order chi connectivity index (χ1) is 13.1. The van der Waals surface area contributed by atoms with Gasteiger partial charge < -0.3 is 9.80 Å². The summed E-state index contributed by atoms with van der Waals surface area (Å²) < 4.78 is 14.0. The largest absolute Gasteiger partial charge is 0.368 e. The van der Waals surface area contributed by atoms with Gasteiger partial charge in [-0.1, -0.05) is 29.8 Å². The number of guanidine groups is 1. The van der Waals surface area contributed by atoms with Crippen molar-refractivity contribution >= 4 is 29.2 Å². The third-order valence-corrected chi connectivity index (χ3v) is 5.14. The lowest BCUT2D eigenvalue weighted by Gasteiger charge is -2.38. The Bertz CT molecular complexity index is 880. The van der Waals surface area contributed by atoms with Crippen molar-refractivity contribution in [2.45, 2.75) is 0 Å². The quantitative estimate of drug-likeness (QED) is 0.796. The van der Waals surface area contributed by atoms with Gasteiger partial charge in [-0.2, -0.15) is 0 Å². The Hall–Kier alpha value is -2.60. The number of amides is 1. The number of rotatable bonds is 2. The van der Waals surface area contributed by atoms with Crippen LogP contribution < -0.4 is 4.90 Å². The minimum atomic E-state index is -0.500. The van der Waals surface area contributed by atoms with Gasteiger partial charge in [-0.05, 0) is 30.3 Å². The van der Waals surface area contributed by atoms with Crippen LogP contribution in [0.5, 0.6) is 0 Å². The minimum absolute atomic E-state index is 0.0877. The predicted molar refractivity (Wildman–Crippen MR) is 105 cm³/mol. The monoisotopic (exact) mass is 386 g/mol. The molecule has 0 spiro atoms. The first-order valence-corrected chi connectivity index (χ1v) is 9.37. The molecule has 0 unspecified atom stereocenters. The second-order valence-corrected chi connectivity index (χ2v) is 7.01. The van der Waals surface area contributed by atoms with Gasteiger partial charge in [0.25, 0.3) is 5.91 Å². The van der Waals surface area contributed by atoms with E-state index in [-0.39, 0.29) is 11.5 Å². The molecule has 2 aliphatic rings. The molecule has 0 aromatic heterocycles. The number of carbonyl (C=O) groups is 1. The summed E-state index contributed by atoms with van der Waals surface area (Å²) in [5.74, 6) is -0.185. The Morgan fingerprint density at radius 1 is 0.963 bits per heavy atom. The molecule has 2 heterocycles. The molecular weight excluding hydrogens is 367 g/mol. The van der Waals surface area contributed by atoms with E-state index in [1.807, 2.05) is 24.3 Å². The molecule has 140 valence electrons. The van der Waals surface area contributed by atoms with Crippen LogP contribution in [-0.4, -0.2) is 60.9 Å². The average Bonchev–Trinajstić information content (AvgIpc) is 3.18. The summed E-state index contributed by atoms with van der Waals surface area (Å²) in [6.07, 6.45) is 0. The highest BCUT2D eigenvalue weighted by Gasteiger charge is 2.31. The summed E-state index contributed by atoms with van der Waals surface area (Å²) in [4.78, 5) is 23.3. The molecule has 2 aromatic rings. The number of benzene rings is 2. The zero-order valence-corrected chi connectivity index (χ0v) is 15.6. The van der Waals surface area contributed by atoms with Crippen LogP contribution in [-0.2, 0) is 0 Å². The summed E-state index contributed by atoms with van der Waals surface area (Å²) >= 11 is 6.09. The fourth-order valence-electron chi connectivity index (χ4n) is 3.52. The van der Waals surface area contributed by atoms with Gasteiger partial charge in [-0.3, -0.25) is 14.7 Å². The molecular formula is C20H20ClFN4O. The summed E-state index contributed by atoms with van der Waals surface area (Å²) in [5, 5.41) is 0.719. The first kappa shape index (κ1) is 17.8. The Balaban J connectivity index is 1.45. The van der Waals surface area contributed by atoms with Crippen molar-refractivity contribution in [3.8, 4) is 0 Å². The van der Waals surface area contributed by atoms with E-state index in [2.05, 4.69) is 14.8 Å². The van der Waals surface area contributed by atoms with E-state index in [9.17, 15) is 9.18 Å². The maximum Gasteiger partial charge on any atom is 0.263 e. The molecule has 7 heteroatoms. The third-order valence-electron chi connectivity index (χ3n) is 4.90. The van der Waals surface area contributed by atoms with Gasteiger partial charge in [0.05, 0.1) is 12.1 Å². The molecule has 4 rings (SSSR count). The number of hydrogen-bond donors (Lipinski definition) is 0. The summed E-state index contributed by atoms with van der Waals surface area (Å²) in [6.45, 7) is 4.13. The van der Waals surface area contributed by atoms with Crippen LogP contribution in [0.3, 0.4) is 0 Å². The van der Waals surface area contributed by atoms with Crippen molar-refractivity contribution < 1.29 is 9.18 Å². The Labute approximate surface area is 162 Å². The van der Waals surface area contributed by atoms with Gasteiger partial charge >= 0.3 is 0 Å². The van der Waals surface area contributed by atoms with Crippen molar-refractivity contribution in [2.75, 3.05) is 44.2 Å². The second-order valence-electron chi connectivity index (χ2n) is 6.57. The topological polar surface area (TPSA) is 39.2 Å². The van der Waals surface area contributed by atoms with E-state index in [1.54, 1.807) is 17.0 Å². The van der Waals surface area contributed by atoms with Crippen molar-refractivity contribution in [1.29, 1.82) is 0 Å². The van der Waals surface area contributed by atoms with E-state index < -0.39 is 5.82 Å². The molecule has 2 aliphatic heterocycles. The second kappa shape index (κ2) is 7.56. The van der Waals surface area contributed by atoms with Gasteiger partial charge in [-0.15, -0.1) is 0 Å². The maximum absolute atomic E-state index is 14.0. The van der Waals surface area contributed by atoms with Crippen molar-refractivity contribution in [2.24, 2.45) is 4.99 Å². The Kier molecular flexibility index (Phi) is 4.99. The van der Waals surface area contributed by atoms with Crippen LogP contribution in [0.4, 0.5) is 10.1 Å². The van der Waals surface area contributed by atoms with E-state index >= 15 is 0 Å². The summed E-state index contributed by atoms with van der Waals surface area (Å²) in [6, 6.07) is 13.9. The SMILES string of the molecule is O=C(c1ccccc1F)N1CCN=C1N1CCN(c2cccc(Cl)c2)CC1. The van der Waals surface area contributed by atoms with E-state index in [1.165, 1.54) is 12.1 Å². The van der Waals surface area contributed by atoms with Crippen LogP contribution >= 0.6 is 11.6 Å².